The molecule has 3 rings (SSSR count). The van der Waals surface area contributed by atoms with Gasteiger partial charge in [-0.2, -0.15) is 0 Å². The Labute approximate surface area is 144 Å². The Morgan fingerprint density at radius 2 is 2.00 bits per heavy atom. The molecule has 0 atom stereocenters. The third-order valence-corrected chi connectivity index (χ3v) is 6.07. The van der Waals surface area contributed by atoms with E-state index in [0.29, 0.717) is 22.3 Å². The Bertz CT molecular complexity index is 907. The number of anilines is 2. The standard InChI is InChI=1S/C16H16N4O2S2/c1-12-4-7-16(23-12)24(21,22)20-14-5-6-15(19-11-14)18-10-13-3-2-8-17-9-13/h2-9,11,20H,10H2,1H3,(H,18,19). The van der Waals surface area contributed by atoms with Gasteiger partial charge in [-0.1, -0.05) is 6.07 Å². The highest BCUT2D eigenvalue weighted by Gasteiger charge is 2.16. The van der Waals surface area contributed by atoms with E-state index in [1.165, 1.54) is 17.5 Å². The number of sulfonamides is 1. The zero-order chi connectivity index (χ0) is 17.0. The van der Waals surface area contributed by atoms with Gasteiger partial charge in [0.1, 0.15) is 10.0 Å². The number of rotatable bonds is 6. The van der Waals surface area contributed by atoms with Gasteiger partial charge in [0, 0.05) is 23.8 Å². The van der Waals surface area contributed by atoms with Crippen molar-refractivity contribution < 1.29 is 8.42 Å². The molecule has 0 aliphatic carbocycles. The summed E-state index contributed by atoms with van der Waals surface area (Å²) in [6.07, 6.45) is 4.99. The maximum atomic E-state index is 12.3. The van der Waals surface area contributed by atoms with E-state index in [2.05, 4.69) is 20.0 Å². The summed E-state index contributed by atoms with van der Waals surface area (Å²) < 4.78 is 27.3. The summed E-state index contributed by atoms with van der Waals surface area (Å²) in [4.78, 5) is 9.22. The molecule has 0 saturated heterocycles. The van der Waals surface area contributed by atoms with Crippen LogP contribution in [0.5, 0.6) is 0 Å². The fourth-order valence-electron chi connectivity index (χ4n) is 2.02. The van der Waals surface area contributed by atoms with Crippen molar-refractivity contribution in [2.24, 2.45) is 0 Å². The second-order valence-corrected chi connectivity index (χ2v) is 8.31. The lowest BCUT2D eigenvalue weighted by molar-refractivity contribution is 0.603. The average molecular weight is 360 g/mol. The molecule has 0 amide bonds. The third-order valence-electron chi connectivity index (χ3n) is 3.19. The highest BCUT2D eigenvalue weighted by atomic mass is 32.2. The molecule has 0 aliphatic heterocycles. The normalized spacial score (nSPS) is 11.2. The Morgan fingerprint density at radius 3 is 2.62 bits per heavy atom. The summed E-state index contributed by atoms with van der Waals surface area (Å²) in [7, 11) is -3.56. The van der Waals surface area contributed by atoms with Gasteiger partial charge in [0.05, 0.1) is 11.9 Å². The molecule has 0 spiro atoms. The van der Waals surface area contributed by atoms with E-state index in [-0.39, 0.29) is 0 Å². The number of nitrogens with one attached hydrogen (secondary N) is 2. The summed E-state index contributed by atoms with van der Waals surface area (Å²) in [5, 5.41) is 3.16. The van der Waals surface area contributed by atoms with Crippen molar-refractivity contribution in [3.8, 4) is 0 Å². The molecule has 3 aromatic rings. The number of hydrogen-bond donors (Lipinski definition) is 2. The van der Waals surface area contributed by atoms with Crippen molar-refractivity contribution in [3.63, 3.8) is 0 Å². The summed E-state index contributed by atoms with van der Waals surface area (Å²) >= 11 is 1.23. The first-order valence-electron chi connectivity index (χ1n) is 7.21. The molecule has 3 aromatic heterocycles. The van der Waals surface area contributed by atoms with Crippen LogP contribution in [0.3, 0.4) is 0 Å². The van der Waals surface area contributed by atoms with Crippen LogP contribution in [0.2, 0.25) is 0 Å². The molecule has 2 N–H and O–H groups in total. The Balaban J connectivity index is 1.64. The maximum absolute atomic E-state index is 12.3. The van der Waals surface area contributed by atoms with Crippen LogP contribution in [-0.4, -0.2) is 18.4 Å². The minimum atomic E-state index is -3.56. The van der Waals surface area contributed by atoms with Gasteiger partial charge in [0.15, 0.2) is 0 Å². The molecule has 0 saturated carbocycles. The molecular formula is C16H16N4O2S2. The lowest BCUT2D eigenvalue weighted by Crippen LogP contribution is -2.11. The van der Waals surface area contributed by atoms with Gasteiger partial charge in [0.25, 0.3) is 10.0 Å². The molecule has 3 heterocycles. The van der Waals surface area contributed by atoms with Gasteiger partial charge in [-0.25, -0.2) is 13.4 Å². The summed E-state index contributed by atoms with van der Waals surface area (Å²) in [5.41, 5.74) is 1.46. The molecular weight excluding hydrogens is 344 g/mol. The van der Waals surface area contributed by atoms with Crippen LogP contribution in [0.15, 0.2) is 59.2 Å². The van der Waals surface area contributed by atoms with Crippen LogP contribution in [0, 0.1) is 6.92 Å². The van der Waals surface area contributed by atoms with Crippen LogP contribution in [0.25, 0.3) is 0 Å². The average Bonchev–Trinajstić information content (AvgIpc) is 3.02. The molecule has 0 aromatic carbocycles. The van der Waals surface area contributed by atoms with Crippen molar-refractivity contribution in [1.29, 1.82) is 0 Å². The van der Waals surface area contributed by atoms with Gasteiger partial charge in [-0.05, 0) is 42.8 Å². The number of nitrogens with zero attached hydrogens (tertiary/aromatic N) is 2. The van der Waals surface area contributed by atoms with Crippen molar-refractivity contribution >= 4 is 32.9 Å². The van der Waals surface area contributed by atoms with E-state index < -0.39 is 10.0 Å². The fraction of sp³-hybridized carbons (Fsp3) is 0.125. The smallest absolute Gasteiger partial charge is 0.271 e. The highest BCUT2D eigenvalue weighted by Crippen LogP contribution is 2.23. The summed E-state index contributed by atoms with van der Waals surface area (Å²) in [6, 6.07) is 10.6. The van der Waals surface area contributed by atoms with E-state index in [1.807, 2.05) is 19.1 Å². The van der Waals surface area contributed by atoms with Crippen LogP contribution < -0.4 is 10.0 Å². The van der Waals surface area contributed by atoms with Crippen LogP contribution >= 0.6 is 11.3 Å². The van der Waals surface area contributed by atoms with Crippen molar-refractivity contribution in [2.45, 2.75) is 17.7 Å². The first kappa shape index (κ1) is 16.4. The first-order valence-corrected chi connectivity index (χ1v) is 9.51. The number of pyridine rings is 2. The Morgan fingerprint density at radius 1 is 1.12 bits per heavy atom. The molecule has 8 heteroatoms. The SMILES string of the molecule is Cc1ccc(S(=O)(=O)Nc2ccc(NCc3cccnc3)nc2)s1. The highest BCUT2D eigenvalue weighted by molar-refractivity contribution is 7.94. The molecule has 124 valence electrons. The zero-order valence-electron chi connectivity index (χ0n) is 12.9. The predicted octanol–water partition coefficient (Wildman–Crippen LogP) is 3.26. The van der Waals surface area contributed by atoms with Gasteiger partial charge >= 0.3 is 0 Å². The molecule has 0 aliphatic rings. The second-order valence-electron chi connectivity index (χ2n) is 5.12. The maximum Gasteiger partial charge on any atom is 0.271 e. The molecule has 0 unspecified atom stereocenters. The molecule has 0 bridgehead atoms. The first-order chi connectivity index (χ1) is 11.5. The number of aromatic nitrogens is 2. The van der Waals surface area contributed by atoms with Crippen LogP contribution in [0.1, 0.15) is 10.4 Å². The van der Waals surface area contributed by atoms with Crippen molar-refractivity contribution in [3.05, 3.63) is 65.4 Å². The lowest BCUT2D eigenvalue weighted by Gasteiger charge is -2.08. The largest absolute Gasteiger partial charge is 0.366 e. The molecule has 24 heavy (non-hydrogen) atoms. The predicted molar refractivity (Wildman–Crippen MR) is 95.7 cm³/mol. The van der Waals surface area contributed by atoms with Crippen molar-refractivity contribution in [2.75, 3.05) is 10.0 Å². The minimum Gasteiger partial charge on any atom is -0.366 e. The van der Waals surface area contributed by atoms with E-state index >= 15 is 0 Å². The second kappa shape index (κ2) is 6.98. The van der Waals surface area contributed by atoms with Crippen LogP contribution in [0.4, 0.5) is 11.5 Å². The summed E-state index contributed by atoms with van der Waals surface area (Å²) in [5.74, 6) is 0.661. The lowest BCUT2D eigenvalue weighted by atomic mass is 10.3. The number of hydrogen-bond acceptors (Lipinski definition) is 6. The quantitative estimate of drug-likeness (QED) is 0.705. The minimum absolute atomic E-state index is 0.291. The zero-order valence-corrected chi connectivity index (χ0v) is 14.6. The van der Waals surface area contributed by atoms with Crippen molar-refractivity contribution in [1.82, 2.24) is 9.97 Å². The number of thiophene rings is 1. The monoisotopic (exact) mass is 360 g/mol. The van der Waals surface area contributed by atoms with Gasteiger partial charge in [0.2, 0.25) is 0 Å². The van der Waals surface area contributed by atoms with Gasteiger partial charge in [-0.3, -0.25) is 9.71 Å². The summed E-state index contributed by atoms with van der Waals surface area (Å²) in [6.45, 7) is 2.47. The van der Waals surface area contributed by atoms with Gasteiger partial charge in [-0.15, -0.1) is 11.3 Å². The number of aryl methyl sites for hydroxylation is 1. The topological polar surface area (TPSA) is 84.0 Å². The third kappa shape index (κ3) is 4.09. The molecule has 6 nitrogen and oxygen atoms in total. The van der Waals surface area contributed by atoms with E-state index in [4.69, 9.17) is 0 Å². The van der Waals surface area contributed by atoms with E-state index in [1.54, 1.807) is 36.7 Å². The Hall–Kier alpha value is -2.45. The molecule has 0 radical (unpaired) electrons. The van der Waals surface area contributed by atoms with Crippen LogP contribution in [-0.2, 0) is 16.6 Å². The van der Waals surface area contributed by atoms with E-state index in [0.717, 1.165) is 10.4 Å². The molecule has 0 fully saturated rings. The Kier molecular flexibility index (Phi) is 4.77. The fourth-order valence-corrected chi connectivity index (χ4v) is 4.34. The van der Waals surface area contributed by atoms with E-state index in [9.17, 15) is 8.42 Å². The van der Waals surface area contributed by atoms with Gasteiger partial charge < -0.3 is 5.32 Å².